The van der Waals surface area contributed by atoms with Gasteiger partial charge in [-0.25, -0.2) is 8.42 Å². The fourth-order valence-corrected chi connectivity index (χ4v) is 4.73. The molecule has 2 aromatic carbocycles. The predicted molar refractivity (Wildman–Crippen MR) is 105 cm³/mol. The summed E-state index contributed by atoms with van der Waals surface area (Å²) in [6, 6.07) is 12.6. The molecule has 1 heterocycles. The van der Waals surface area contributed by atoms with Gasteiger partial charge >= 0.3 is 0 Å². The second-order valence-corrected chi connectivity index (χ2v) is 9.07. The van der Waals surface area contributed by atoms with E-state index in [4.69, 9.17) is 4.74 Å². The Labute approximate surface area is 160 Å². The van der Waals surface area contributed by atoms with Crippen LogP contribution in [0.25, 0.3) is 0 Å². The molecular weight excluding hydrogens is 362 g/mol. The SMILES string of the molecule is COc1ccc2c(c1)CCN(C(=O)CCS(=O)(=O)c1ccc(C)cc1)C2C. The zero-order chi connectivity index (χ0) is 19.6. The maximum atomic E-state index is 12.7. The zero-order valence-corrected chi connectivity index (χ0v) is 16.8. The molecule has 3 rings (SSSR count). The number of fused-ring (bicyclic) bond motifs is 1. The lowest BCUT2D eigenvalue weighted by molar-refractivity contribution is -0.133. The van der Waals surface area contributed by atoms with Gasteiger partial charge in [0.25, 0.3) is 0 Å². The summed E-state index contributed by atoms with van der Waals surface area (Å²) in [5.74, 6) is 0.512. The first kappa shape index (κ1) is 19.4. The Morgan fingerprint density at radius 2 is 1.89 bits per heavy atom. The average molecular weight is 388 g/mol. The highest BCUT2D eigenvalue weighted by atomic mass is 32.2. The summed E-state index contributed by atoms with van der Waals surface area (Å²) in [6.45, 7) is 4.48. The molecule has 1 aliphatic rings. The summed E-state index contributed by atoms with van der Waals surface area (Å²) in [4.78, 5) is 14.8. The van der Waals surface area contributed by atoms with E-state index in [1.807, 2.05) is 32.0 Å². The van der Waals surface area contributed by atoms with E-state index in [1.165, 1.54) is 5.56 Å². The number of methoxy groups -OCH3 is 1. The van der Waals surface area contributed by atoms with Crippen molar-refractivity contribution >= 4 is 15.7 Å². The van der Waals surface area contributed by atoms with Crippen molar-refractivity contribution in [1.29, 1.82) is 0 Å². The van der Waals surface area contributed by atoms with Crippen LogP contribution in [0.15, 0.2) is 47.4 Å². The van der Waals surface area contributed by atoms with Crippen LogP contribution in [0.2, 0.25) is 0 Å². The third kappa shape index (κ3) is 4.16. The molecule has 0 fully saturated rings. The topological polar surface area (TPSA) is 63.7 Å². The van der Waals surface area contributed by atoms with Crippen LogP contribution in [0.5, 0.6) is 5.75 Å². The van der Waals surface area contributed by atoms with Gasteiger partial charge in [0.15, 0.2) is 9.84 Å². The van der Waals surface area contributed by atoms with Crippen LogP contribution in [0.3, 0.4) is 0 Å². The van der Waals surface area contributed by atoms with Gasteiger partial charge in [-0.2, -0.15) is 0 Å². The molecule has 0 N–H and O–H groups in total. The van der Waals surface area contributed by atoms with Gasteiger partial charge in [0.2, 0.25) is 5.91 Å². The number of nitrogens with zero attached hydrogens (tertiary/aromatic N) is 1. The molecule has 1 amide bonds. The molecule has 27 heavy (non-hydrogen) atoms. The van der Waals surface area contributed by atoms with E-state index in [-0.39, 0.29) is 29.0 Å². The monoisotopic (exact) mass is 387 g/mol. The van der Waals surface area contributed by atoms with Crippen LogP contribution in [0, 0.1) is 6.92 Å². The van der Waals surface area contributed by atoms with Crippen LogP contribution in [0.4, 0.5) is 0 Å². The first-order chi connectivity index (χ1) is 12.8. The van der Waals surface area contributed by atoms with E-state index in [0.717, 1.165) is 23.3 Å². The summed E-state index contributed by atoms with van der Waals surface area (Å²) in [6.07, 6.45) is 0.735. The number of carbonyl (C=O) groups excluding carboxylic acids is 1. The van der Waals surface area contributed by atoms with Crippen LogP contribution in [0.1, 0.15) is 36.1 Å². The summed E-state index contributed by atoms with van der Waals surface area (Å²) in [5.41, 5.74) is 3.28. The Morgan fingerprint density at radius 3 is 2.56 bits per heavy atom. The van der Waals surface area contributed by atoms with E-state index in [9.17, 15) is 13.2 Å². The van der Waals surface area contributed by atoms with Crippen LogP contribution in [-0.2, 0) is 21.1 Å². The van der Waals surface area contributed by atoms with Crippen molar-refractivity contribution in [3.8, 4) is 5.75 Å². The van der Waals surface area contributed by atoms with Crippen molar-refractivity contribution in [3.05, 3.63) is 59.2 Å². The minimum atomic E-state index is -3.46. The van der Waals surface area contributed by atoms with Crippen molar-refractivity contribution in [2.45, 2.75) is 37.6 Å². The maximum absolute atomic E-state index is 12.7. The number of sulfone groups is 1. The highest BCUT2D eigenvalue weighted by Gasteiger charge is 2.28. The van der Waals surface area contributed by atoms with Gasteiger partial charge in [-0.05, 0) is 55.7 Å². The van der Waals surface area contributed by atoms with Crippen molar-refractivity contribution in [1.82, 2.24) is 4.90 Å². The molecule has 0 aliphatic carbocycles. The molecule has 0 bridgehead atoms. The molecule has 144 valence electrons. The minimum absolute atomic E-state index is 0.00790. The van der Waals surface area contributed by atoms with Crippen molar-refractivity contribution in [2.24, 2.45) is 0 Å². The molecule has 5 nitrogen and oxygen atoms in total. The summed E-state index contributed by atoms with van der Waals surface area (Å²) >= 11 is 0. The standard InChI is InChI=1S/C21H25NO4S/c1-15-4-7-19(8-5-15)27(24,25)13-11-21(23)22-12-10-17-14-18(26-3)6-9-20(17)16(22)2/h4-9,14,16H,10-13H2,1-3H3. The number of hydrogen-bond donors (Lipinski definition) is 0. The molecule has 2 aromatic rings. The first-order valence-corrected chi connectivity index (χ1v) is 10.7. The van der Waals surface area contributed by atoms with Crippen LogP contribution >= 0.6 is 0 Å². The summed E-state index contributed by atoms with van der Waals surface area (Å²) in [7, 11) is -1.82. The van der Waals surface area contributed by atoms with Gasteiger partial charge in [0.1, 0.15) is 5.75 Å². The van der Waals surface area contributed by atoms with E-state index in [0.29, 0.717) is 6.54 Å². The van der Waals surface area contributed by atoms with Crippen molar-refractivity contribution in [2.75, 3.05) is 19.4 Å². The van der Waals surface area contributed by atoms with E-state index in [2.05, 4.69) is 0 Å². The van der Waals surface area contributed by atoms with Gasteiger partial charge in [-0.3, -0.25) is 4.79 Å². The highest BCUT2D eigenvalue weighted by Crippen LogP contribution is 2.32. The van der Waals surface area contributed by atoms with E-state index < -0.39 is 9.84 Å². The van der Waals surface area contributed by atoms with Gasteiger partial charge in [0.05, 0.1) is 23.8 Å². The second kappa shape index (κ2) is 7.72. The molecule has 0 aromatic heterocycles. The molecule has 1 unspecified atom stereocenters. The summed E-state index contributed by atoms with van der Waals surface area (Å²) in [5, 5.41) is 0. The molecule has 0 radical (unpaired) electrons. The number of aryl methyl sites for hydroxylation is 1. The fraction of sp³-hybridized carbons (Fsp3) is 0.381. The lowest BCUT2D eigenvalue weighted by atomic mass is 9.93. The largest absolute Gasteiger partial charge is 0.497 e. The lowest BCUT2D eigenvalue weighted by Crippen LogP contribution is -2.39. The summed E-state index contributed by atoms with van der Waals surface area (Å²) < 4.78 is 30.3. The Balaban J connectivity index is 1.68. The van der Waals surface area contributed by atoms with E-state index in [1.54, 1.807) is 36.3 Å². The predicted octanol–water partition coefficient (Wildman–Crippen LogP) is 3.31. The van der Waals surface area contributed by atoms with Gasteiger partial charge in [-0.15, -0.1) is 0 Å². The second-order valence-electron chi connectivity index (χ2n) is 6.96. The molecular formula is C21H25NO4S. The number of benzene rings is 2. The number of hydrogen-bond acceptors (Lipinski definition) is 4. The minimum Gasteiger partial charge on any atom is -0.497 e. The maximum Gasteiger partial charge on any atom is 0.224 e. The Bertz CT molecular complexity index is 935. The lowest BCUT2D eigenvalue weighted by Gasteiger charge is -2.35. The van der Waals surface area contributed by atoms with Crippen LogP contribution in [-0.4, -0.2) is 38.6 Å². The molecule has 6 heteroatoms. The van der Waals surface area contributed by atoms with Gasteiger partial charge < -0.3 is 9.64 Å². The third-order valence-corrected chi connectivity index (χ3v) is 6.91. The molecule has 1 atom stereocenters. The normalized spacial score (nSPS) is 16.7. The molecule has 1 aliphatic heterocycles. The third-order valence-electron chi connectivity index (χ3n) is 5.17. The van der Waals surface area contributed by atoms with Crippen molar-refractivity contribution < 1.29 is 17.9 Å². The number of rotatable bonds is 5. The molecule has 0 spiro atoms. The molecule has 0 saturated carbocycles. The molecule has 0 saturated heterocycles. The van der Waals surface area contributed by atoms with Crippen molar-refractivity contribution in [3.63, 3.8) is 0 Å². The highest BCUT2D eigenvalue weighted by molar-refractivity contribution is 7.91. The smallest absolute Gasteiger partial charge is 0.224 e. The number of carbonyl (C=O) groups is 1. The first-order valence-electron chi connectivity index (χ1n) is 9.07. The fourth-order valence-electron chi connectivity index (χ4n) is 3.51. The Morgan fingerprint density at radius 1 is 1.19 bits per heavy atom. The Kier molecular flexibility index (Phi) is 5.56. The van der Waals surface area contributed by atoms with Gasteiger partial charge in [0, 0.05) is 13.0 Å². The average Bonchev–Trinajstić information content (AvgIpc) is 2.66. The quantitative estimate of drug-likeness (QED) is 0.790. The van der Waals surface area contributed by atoms with Crippen LogP contribution < -0.4 is 4.74 Å². The number of amides is 1. The Hall–Kier alpha value is -2.34. The number of ether oxygens (including phenoxy) is 1. The van der Waals surface area contributed by atoms with Gasteiger partial charge in [-0.1, -0.05) is 23.8 Å². The zero-order valence-electron chi connectivity index (χ0n) is 15.9. The van der Waals surface area contributed by atoms with E-state index >= 15 is 0 Å².